The first kappa shape index (κ1) is 10.0. The quantitative estimate of drug-likeness (QED) is 0.570. The van der Waals surface area contributed by atoms with Gasteiger partial charge in [0.1, 0.15) is 0 Å². The molecule has 0 saturated carbocycles. The summed E-state index contributed by atoms with van der Waals surface area (Å²) in [6.07, 6.45) is 0. The van der Waals surface area contributed by atoms with Gasteiger partial charge < -0.3 is 0 Å². The number of aryl methyl sites for hydroxylation is 1. The predicted octanol–water partition coefficient (Wildman–Crippen LogP) is 3.37. The number of alkyl halides is 1. The van der Waals surface area contributed by atoms with Gasteiger partial charge >= 0.3 is 0 Å². The second-order valence-corrected chi connectivity index (χ2v) is 4.23. The topological polar surface area (TPSA) is 23.8 Å². The Hall–Kier alpha value is -0.0800. The Kier molecular flexibility index (Phi) is 3.53. The number of halogens is 2. The second-order valence-electron chi connectivity index (χ2n) is 2.50. The van der Waals surface area contributed by atoms with E-state index in [1.807, 2.05) is 6.07 Å². The van der Waals surface area contributed by atoms with Gasteiger partial charge in [-0.05, 0) is 46.7 Å². The minimum atomic E-state index is 0.744. The minimum absolute atomic E-state index is 0.744. The number of hydrogen-bond acceptors (Lipinski definition) is 1. The van der Waals surface area contributed by atoms with Gasteiger partial charge in [-0.3, -0.25) is 0 Å². The van der Waals surface area contributed by atoms with E-state index in [0.29, 0.717) is 0 Å². The summed E-state index contributed by atoms with van der Waals surface area (Å²) in [4.78, 5) is 0. The molecule has 1 nitrogen and oxygen atoms in total. The normalized spacial score (nSPS) is 9.50. The molecule has 0 N–H and O–H groups in total. The molecule has 0 atom stereocenters. The van der Waals surface area contributed by atoms with Gasteiger partial charge in [-0.15, -0.1) is 0 Å². The highest BCUT2D eigenvalue weighted by molar-refractivity contribution is 14.1. The minimum Gasteiger partial charge on any atom is -0.192 e. The van der Waals surface area contributed by atoms with Crippen LogP contribution in [0.1, 0.15) is 16.7 Å². The van der Waals surface area contributed by atoms with Crippen LogP contribution in [-0.4, -0.2) is 0 Å². The molecule has 0 aromatic heterocycles. The molecule has 0 spiro atoms. The SMILES string of the molecule is Cc1cc(CBr)c(C#N)cc1I. The third-order valence-electron chi connectivity index (χ3n) is 1.65. The van der Waals surface area contributed by atoms with Crippen LogP contribution in [-0.2, 0) is 5.33 Å². The summed E-state index contributed by atoms with van der Waals surface area (Å²) < 4.78 is 1.15. The molecule has 1 aromatic rings. The van der Waals surface area contributed by atoms with E-state index < -0.39 is 0 Å². The van der Waals surface area contributed by atoms with Gasteiger partial charge in [-0.1, -0.05) is 22.0 Å². The maximum atomic E-state index is 8.79. The Labute approximate surface area is 94.0 Å². The molecule has 0 fully saturated rings. The van der Waals surface area contributed by atoms with Crippen LogP contribution in [0.15, 0.2) is 12.1 Å². The number of benzene rings is 1. The molecule has 12 heavy (non-hydrogen) atoms. The van der Waals surface area contributed by atoms with E-state index in [2.05, 4.69) is 57.6 Å². The fourth-order valence-electron chi connectivity index (χ4n) is 0.956. The molecule has 1 rings (SSSR count). The molecule has 0 bridgehead atoms. The maximum absolute atomic E-state index is 8.79. The lowest BCUT2D eigenvalue weighted by Gasteiger charge is -2.03. The molecular formula is C9H7BrIN. The van der Waals surface area contributed by atoms with Crippen molar-refractivity contribution < 1.29 is 0 Å². The van der Waals surface area contributed by atoms with E-state index in [-0.39, 0.29) is 0 Å². The van der Waals surface area contributed by atoms with Crippen LogP contribution >= 0.6 is 38.5 Å². The van der Waals surface area contributed by atoms with Crippen LogP contribution in [0.2, 0.25) is 0 Å². The first-order valence-electron chi connectivity index (χ1n) is 3.44. The Balaban J connectivity index is 3.31. The largest absolute Gasteiger partial charge is 0.192 e. The fraction of sp³-hybridized carbons (Fsp3) is 0.222. The van der Waals surface area contributed by atoms with Gasteiger partial charge in [0.25, 0.3) is 0 Å². The van der Waals surface area contributed by atoms with Gasteiger partial charge in [0, 0.05) is 8.90 Å². The lowest BCUT2D eigenvalue weighted by molar-refractivity contribution is 1.30. The Morgan fingerprint density at radius 1 is 1.58 bits per heavy atom. The van der Waals surface area contributed by atoms with Crippen molar-refractivity contribution in [2.24, 2.45) is 0 Å². The van der Waals surface area contributed by atoms with Crippen molar-refractivity contribution in [3.05, 3.63) is 32.4 Å². The van der Waals surface area contributed by atoms with Crippen LogP contribution in [0.4, 0.5) is 0 Å². The van der Waals surface area contributed by atoms with Crippen LogP contribution < -0.4 is 0 Å². The van der Waals surface area contributed by atoms with Crippen molar-refractivity contribution in [2.75, 3.05) is 0 Å². The summed E-state index contributed by atoms with van der Waals surface area (Å²) in [6.45, 7) is 2.05. The summed E-state index contributed by atoms with van der Waals surface area (Å²) >= 11 is 5.59. The maximum Gasteiger partial charge on any atom is 0.0995 e. The average Bonchev–Trinajstić information content (AvgIpc) is 2.09. The Morgan fingerprint density at radius 2 is 2.25 bits per heavy atom. The summed E-state index contributed by atoms with van der Waals surface area (Å²) in [5, 5.41) is 9.53. The first-order valence-corrected chi connectivity index (χ1v) is 5.64. The molecule has 0 aliphatic carbocycles. The van der Waals surface area contributed by atoms with Crippen LogP contribution in [0.25, 0.3) is 0 Å². The summed E-state index contributed by atoms with van der Waals surface area (Å²) in [6, 6.07) is 6.15. The smallest absolute Gasteiger partial charge is 0.0995 e. The molecule has 0 unspecified atom stereocenters. The van der Waals surface area contributed by atoms with Gasteiger partial charge in [0.05, 0.1) is 11.6 Å². The molecule has 1 aromatic carbocycles. The standard InChI is InChI=1S/C9H7BrIN/c1-6-2-7(4-10)8(5-12)3-9(6)11/h2-3H,4H2,1H3. The highest BCUT2D eigenvalue weighted by atomic mass is 127. The van der Waals surface area contributed by atoms with E-state index in [4.69, 9.17) is 5.26 Å². The number of hydrogen-bond donors (Lipinski definition) is 0. The zero-order valence-corrected chi connectivity index (χ0v) is 10.3. The molecule has 0 aliphatic rings. The molecule has 0 amide bonds. The third-order valence-corrected chi connectivity index (χ3v) is 3.42. The summed E-state index contributed by atoms with van der Waals surface area (Å²) in [5.74, 6) is 0. The van der Waals surface area contributed by atoms with Gasteiger partial charge in [0.2, 0.25) is 0 Å². The number of nitriles is 1. The van der Waals surface area contributed by atoms with Gasteiger partial charge in [0.15, 0.2) is 0 Å². The monoisotopic (exact) mass is 335 g/mol. The van der Waals surface area contributed by atoms with Crippen molar-refractivity contribution in [1.82, 2.24) is 0 Å². The van der Waals surface area contributed by atoms with E-state index in [1.165, 1.54) is 5.56 Å². The lowest BCUT2D eigenvalue weighted by Crippen LogP contribution is -1.90. The van der Waals surface area contributed by atoms with Crippen molar-refractivity contribution >= 4 is 38.5 Å². The van der Waals surface area contributed by atoms with Crippen LogP contribution in [0.3, 0.4) is 0 Å². The first-order chi connectivity index (χ1) is 5.69. The third kappa shape index (κ3) is 1.99. The molecule has 0 heterocycles. The van der Waals surface area contributed by atoms with E-state index in [1.54, 1.807) is 0 Å². The van der Waals surface area contributed by atoms with Gasteiger partial charge in [-0.25, -0.2) is 0 Å². The molecular weight excluding hydrogens is 329 g/mol. The zero-order chi connectivity index (χ0) is 9.14. The molecule has 62 valence electrons. The van der Waals surface area contributed by atoms with Crippen molar-refractivity contribution in [2.45, 2.75) is 12.3 Å². The Bertz CT molecular complexity index is 341. The lowest BCUT2D eigenvalue weighted by atomic mass is 10.1. The Morgan fingerprint density at radius 3 is 2.75 bits per heavy atom. The van der Waals surface area contributed by atoms with E-state index >= 15 is 0 Å². The summed E-state index contributed by atoms with van der Waals surface area (Å²) in [5.41, 5.74) is 3.06. The average molecular weight is 336 g/mol. The van der Waals surface area contributed by atoms with E-state index in [9.17, 15) is 0 Å². The van der Waals surface area contributed by atoms with Gasteiger partial charge in [-0.2, -0.15) is 5.26 Å². The molecule has 3 heteroatoms. The van der Waals surface area contributed by atoms with Crippen LogP contribution in [0, 0.1) is 21.8 Å². The fourth-order valence-corrected chi connectivity index (χ4v) is 1.89. The van der Waals surface area contributed by atoms with Crippen molar-refractivity contribution in [1.29, 1.82) is 5.26 Å². The predicted molar refractivity (Wildman–Crippen MR) is 61.2 cm³/mol. The van der Waals surface area contributed by atoms with Crippen molar-refractivity contribution in [3.8, 4) is 6.07 Å². The number of rotatable bonds is 1. The zero-order valence-electron chi connectivity index (χ0n) is 6.56. The molecule has 0 radical (unpaired) electrons. The second kappa shape index (κ2) is 4.24. The molecule has 0 aliphatic heterocycles. The number of nitrogens with zero attached hydrogens (tertiary/aromatic N) is 1. The highest BCUT2D eigenvalue weighted by Crippen LogP contribution is 2.19. The van der Waals surface area contributed by atoms with E-state index in [0.717, 1.165) is 20.0 Å². The summed E-state index contributed by atoms with van der Waals surface area (Å²) in [7, 11) is 0. The van der Waals surface area contributed by atoms with Crippen molar-refractivity contribution in [3.63, 3.8) is 0 Å². The highest BCUT2D eigenvalue weighted by Gasteiger charge is 2.03. The molecule has 0 saturated heterocycles. The van der Waals surface area contributed by atoms with Crippen LogP contribution in [0.5, 0.6) is 0 Å².